The van der Waals surface area contributed by atoms with Crippen LogP contribution < -0.4 is 5.32 Å². The molecule has 4 nitrogen and oxygen atoms in total. The van der Waals surface area contributed by atoms with Gasteiger partial charge in [-0.15, -0.1) is 0 Å². The highest BCUT2D eigenvalue weighted by molar-refractivity contribution is 6.36. The normalized spacial score (nSPS) is 12.2. The third-order valence-electron chi connectivity index (χ3n) is 5.43. The van der Waals surface area contributed by atoms with Crippen molar-refractivity contribution in [3.63, 3.8) is 0 Å². The minimum atomic E-state index is -0.822. The van der Waals surface area contributed by atoms with E-state index in [2.05, 4.69) is 5.32 Å². The zero-order chi connectivity index (χ0) is 25.6. The fourth-order valence-electron chi connectivity index (χ4n) is 3.74. The molecule has 1 atom stereocenters. The maximum atomic E-state index is 13.7. The van der Waals surface area contributed by atoms with Crippen molar-refractivity contribution >= 4 is 35.0 Å². The molecule has 0 aliphatic carbocycles. The molecule has 0 saturated heterocycles. The van der Waals surface area contributed by atoms with E-state index in [0.717, 1.165) is 5.56 Å². The number of rotatable bonds is 8. The first-order chi connectivity index (χ1) is 16.5. The van der Waals surface area contributed by atoms with Crippen LogP contribution in [-0.2, 0) is 29.0 Å². The predicted molar refractivity (Wildman–Crippen MR) is 139 cm³/mol. The molecule has 0 aliphatic heterocycles. The highest BCUT2D eigenvalue weighted by Crippen LogP contribution is 2.27. The second-order valence-electron chi connectivity index (χ2n) is 9.47. The standard InChI is InChI=1S/C28H29Cl2FN2O2/c1-28(2,3)32-27(35)25(16-19-8-5-4-6-9-19)33(18-22-23(29)10-7-11-24(22)30)26(34)17-20-12-14-21(31)15-13-20/h4-15,25H,16-18H2,1-3H3,(H,32,35)/t25-/m0/s1. The summed E-state index contributed by atoms with van der Waals surface area (Å²) in [6.45, 7) is 5.72. The monoisotopic (exact) mass is 514 g/mol. The maximum absolute atomic E-state index is 13.7. The van der Waals surface area contributed by atoms with Crippen LogP contribution in [0.4, 0.5) is 4.39 Å². The van der Waals surface area contributed by atoms with Crippen LogP contribution in [0.2, 0.25) is 10.0 Å². The Morgan fingerprint density at radius 2 is 1.49 bits per heavy atom. The lowest BCUT2D eigenvalue weighted by molar-refractivity contribution is -0.141. The fourth-order valence-corrected chi connectivity index (χ4v) is 4.26. The van der Waals surface area contributed by atoms with Gasteiger partial charge in [-0.05, 0) is 56.2 Å². The molecule has 35 heavy (non-hydrogen) atoms. The number of amides is 2. The summed E-state index contributed by atoms with van der Waals surface area (Å²) in [5.41, 5.74) is 1.61. The third-order valence-corrected chi connectivity index (χ3v) is 6.14. The van der Waals surface area contributed by atoms with Gasteiger partial charge < -0.3 is 10.2 Å². The van der Waals surface area contributed by atoms with Crippen LogP contribution >= 0.6 is 23.2 Å². The van der Waals surface area contributed by atoms with Gasteiger partial charge in [-0.2, -0.15) is 0 Å². The minimum absolute atomic E-state index is 0.00353. The van der Waals surface area contributed by atoms with Gasteiger partial charge in [0.25, 0.3) is 0 Å². The van der Waals surface area contributed by atoms with Gasteiger partial charge in [-0.1, -0.05) is 71.7 Å². The molecule has 0 radical (unpaired) electrons. The van der Waals surface area contributed by atoms with E-state index in [1.165, 1.54) is 17.0 Å². The van der Waals surface area contributed by atoms with Crippen molar-refractivity contribution in [1.82, 2.24) is 10.2 Å². The largest absolute Gasteiger partial charge is 0.350 e. The Hall–Kier alpha value is -2.89. The maximum Gasteiger partial charge on any atom is 0.243 e. The molecule has 7 heteroatoms. The molecule has 0 aromatic heterocycles. The van der Waals surface area contributed by atoms with E-state index < -0.39 is 11.6 Å². The summed E-state index contributed by atoms with van der Waals surface area (Å²) < 4.78 is 13.4. The number of benzene rings is 3. The van der Waals surface area contributed by atoms with Gasteiger partial charge in [0, 0.05) is 34.1 Å². The Bertz CT molecular complexity index is 1140. The molecule has 3 aromatic rings. The molecule has 1 N–H and O–H groups in total. The lowest BCUT2D eigenvalue weighted by Gasteiger charge is -2.34. The van der Waals surface area contributed by atoms with E-state index in [4.69, 9.17) is 23.2 Å². The summed E-state index contributed by atoms with van der Waals surface area (Å²) in [6, 6.07) is 19.6. The minimum Gasteiger partial charge on any atom is -0.350 e. The molecule has 0 bridgehead atoms. The zero-order valence-electron chi connectivity index (χ0n) is 20.0. The van der Waals surface area contributed by atoms with Crippen molar-refractivity contribution in [2.24, 2.45) is 0 Å². The van der Waals surface area contributed by atoms with Gasteiger partial charge in [-0.25, -0.2) is 4.39 Å². The van der Waals surface area contributed by atoms with Crippen LogP contribution in [0, 0.1) is 5.82 Å². The van der Waals surface area contributed by atoms with Crippen LogP contribution in [0.3, 0.4) is 0 Å². The van der Waals surface area contributed by atoms with E-state index in [0.29, 0.717) is 27.6 Å². The molecule has 3 rings (SSSR count). The van der Waals surface area contributed by atoms with Crippen molar-refractivity contribution in [3.05, 3.63) is 105 Å². The van der Waals surface area contributed by atoms with Gasteiger partial charge in [0.15, 0.2) is 0 Å². The van der Waals surface area contributed by atoms with Gasteiger partial charge in [0.2, 0.25) is 11.8 Å². The summed E-state index contributed by atoms with van der Waals surface area (Å²) in [7, 11) is 0. The van der Waals surface area contributed by atoms with Crippen molar-refractivity contribution in [2.75, 3.05) is 0 Å². The Morgan fingerprint density at radius 3 is 2.06 bits per heavy atom. The van der Waals surface area contributed by atoms with Crippen LogP contribution in [0.5, 0.6) is 0 Å². The topological polar surface area (TPSA) is 49.4 Å². The van der Waals surface area contributed by atoms with E-state index in [-0.39, 0.29) is 30.6 Å². The summed E-state index contributed by atoms with van der Waals surface area (Å²) in [4.78, 5) is 28.8. The SMILES string of the molecule is CC(C)(C)NC(=O)[C@H](Cc1ccccc1)N(Cc1c(Cl)cccc1Cl)C(=O)Cc1ccc(F)cc1. The molecule has 3 aromatic carbocycles. The molecule has 2 amide bonds. The second-order valence-corrected chi connectivity index (χ2v) is 10.3. The third kappa shape index (κ3) is 7.81. The average Bonchev–Trinajstić information content (AvgIpc) is 2.79. The number of halogens is 3. The number of carbonyl (C=O) groups is 2. The summed E-state index contributed by atoms with van der Waals surface area (Å²) >= 11 is 12.9. The number of hydrogen-bond acceptors (Lipinski definition) is 2. The second kappa shape index (κ2) is 11.7. The van der Waals surface area contributed by atoms with Gasteiger partial charge in [0.05, 0.1) is 6.42 Å². The quantitative estimate of drug-likeness (QED) is 0.387. The highest BCUT2D eigenvalue weighted by atomic mass is 35.5. The molecule has 0 heterocycles. The lowest BCUT2D eigenvalue weighted by atomic mass is 9.99. The van der Waals surface area contributed by atoms with Crippen molar-refractivity contribution < 1.29 is 14.0 Å². The van der Waals surface area contributed by atoms with Gasteiger partial charge >= 0.3 is 0 Å². The number of hydrogen-bond donors (Lipinski definition) is 1. The first-order valence-corrected chi connectivity index (χ1v) is 12.1. The lowest BCUT2D eigenvalue weighted by Crippen LogP contribution is -2.54. The van der Waals surface area contributed by atoms with Crippen LogP contribution in [0.1, 0.15) is 37.5 Å². The fraction of sp³-hybridized carbons (Fsp3) is 0.286. The molecular weight excluding hydrogens is 486 g/mol. The summed E-state index contributed by atoms with van der Waals surface area (Å²) in [5, 5.41) is 3.83. The Morgan fingerprint density at radius 1 is 0.886 bits per heavy atom. The van der Waals surface area contributed by atoms with Gasteiger partial charge in [-0.3, -0.25) is 9.59 Å². The Labute approximate surface area is 216 Å². The molecular formula is C28H29Cl2FN2O2. The van der Waals surface area contributed by atoms with E-state index in [9.17, 15) is 14.0 Å². The van der Waals surface area contributed by atoms with Crippen molar-refractivity contribution in [1.29, 1.82) is 0 Å². The molecule has 184 valence electrons. The first-order valence-electron chi connectivity index (χ1n) is 11.4. The Kier molecular flexibility index (Phi) is 8.92. The smallest absolute Gasteiger partial charge is 0.243 e. The van der Waals surface area contributed by atoms with Crippen molar-refractivity contribution in [2.45, 2.75) is 51.7 Å². The van der Waals surface area contributed by atoms with Crippen LogP contribution in [0.25, 0.3) is 0 Å². The number of nitrogens with one attached hydrogen (secondary N) is 1. The number of nitrogens with zero attached hydrogens (tertiary/aromatic N) is 1. The van der Waals surface area contributed by atoms with Gasteiger partial charge in [0.1, 0.15) is 11.9 Å². The molecule has 0 aliphatic rings. The van der Waals surface area contributed by atoms with E-state index in [1.807, 2.05) is 51.1 Å². The average molecular weight is 515 g/mol. The first kappa shape index (κ1) is 26.7. The molecule has 0 spiro atoms. The molecule has 0 saturated carbocycles. The number of carbonyl (C=O) groups excluding carboxylic acids is 2. The summed E-state index contributed by atoms with van der Waals surface area (Å²) in [6.07, 6.45) is 0.302. The van der Waals surface area contributed by atoms with Crippen LogP contribution in [-0.4, -0.2) is 28.3 Å². The van der Waals surface area contributed by atoms with Crippen LogP contribution in [0.15, 0.2) is 72.8 Å². The molecule has 0 unspecified atom stereocenters. The predicted octanol–water partition coefficient (Wildman–Crippen LogP) is 6.23. The summed E-state index contributed by atoms with van der Waals surface area (Å²) in [5.74, 6) is -0.956. The Balaban J connectivity index is 2.03. The zero-order valence-corrected chi connectivity index (χ0v) is 21.5. The van der Waals surface area contributed by atoms with E-state index >= 15 is 0 Å². The van der Waals surface area contributed by atoms with E-state index in [1.54, 1.807) is 30.3 Å². The highest BCUT2D eigenvalue weighted by Gasteiger charge is 2.33. The molecule has 0 fully saturated rings. The van der Waals surface area contributed by atoms with Crippen molar-refractivity contribution in [3.8, 4) is 0 Å².